The maximum Gasteiger partial charge on any atom is 0.407 e. The van der Waals surface area contributed by atoms with E-state index in [1.807, 2.05) is 0 Å². The summed E-state index contributed by atoms with van der Waals surface area (Å²) in [5.74, 6) is 0.599. The lowest BCUT2D eigenvalue weighted by atomic mass is 10.4. The molecule has 1 heterocycles. The molecule has 0 bridgehead atoms. The zero-order valence-electron chi connectivity index (χ0n) is 7.73. The number of carbonyl (C=O) groups excluding carboxylic acids is 1. The van der Waals surface area contributed by atoms with Gasteiger partial charge < -0.3 is 19.6 Å². The van der Waals surface area contributed by atoms with Crippen molar-refractivity contribution in [2.24, 2.45) is 0 Å². The molecule has 1 amide bonds. The highest BCUT2D eigenvalue weighted by atomic mass is 16.6. The van der Waals surface area contributed by atoms with Crippen LogP contribution in [-0.2, 0) is 11.3 Å². The predicted molar refractivity (Wildman–Crippen MR) is 48.6 cm³/mol. The van der Waals surface area contributed by atoms with Gasteiger partial charge >= 0.3 is 6.09 Å². The lowest BCUT2D eigenvalue weighted by Crippen LogP contribution is -2.25. The minimum Gasteiger partial charge on any atom is -0.466 e. The fourth-order valence-electron chi connectivity index (χ4n) is 0.852. The summed E-state index contributed by atoms with van der Waals surface area (Å²) < 4.78 is 9.77. The van der Waals surface area contributed by atoms with Crippen molar-refractivity contribution in [3.05, 3.63) is 24.2 Å². The molecular weight excluding hydrogens is 186 g/mol. The molecule has 0 aliphatic carbocycles. The molecule has 0 saturated heterocycles. The van der Waals surface area contributed by atoms with Crippen molar-refractivity contribution in [3.8, 4) is 0 Å². The van der Waals surface area contributed by atoms with E-state index in [9.17, 15) is 4.79 Å². The Hall–Kier alpha value is -1.49. The highest BCUT2D eigenvalue weighted by Crippen LogP contribution is 2.01. The summed E-state index contributed by atoms with van der Waals surface area (Å²) in [6.07, 6.45) is 1.54. The number of hydrogen-bond acceptors (Lipinski definition) is 4. The van der Waals surface area contributed by atoms with Gasteiger partial charge in [0, 0.05) is 13.2 Å². The molecule has 1 aromatic rings. The van der Waals surface area contributed by atoms with Crippen molar-refractivity contribution < 1.29 is 19.1 Å². The largest absolute Gasteiger partial charge is 0.466 e. The Labute approximate surface area is 81.7 Å². The zero-order valence-corrected chi connectivity index (χ0v) is 7.73. The number of nitrogens with one attached hydrogen (secondary N) is 1. The number of carbonyl (C=O) groups is 1. The van der Waals surface area contributed by atoms with E-state index >= 15 is 0 Å². The third-order valence-electron chi connectivity index (χ3n) is 1.53. The molecule has 0 radical (unpaired) electrons. The van der Waals surface area contributed by atoms with Crippen LogP contribution in [0.25, 0.3) is 0 Å². The van der Waals surface area contributed by atoms with E-state index in [1.54, 1.807) is 12.1 Å². The van der Waals surface area contributed by atoms with E-state index in [0.29, 0.717) is 18.7 Å². The van der Waals surface area contributed by atoms with Gasteiger partial charge in [-0.3, -0.25) is 0 Å². The number of ether oxygens (including phenoxy) is 1. The third-order valence-corrected chi connectivity index (χ3v) is 1.53. The second-order valence-electron chi connectivity index (χ2n) is 2.66. The first kappa shape index (κ1) is 10.6. The second kappa shape index (κ2) is 6.04. The molecule has 78 valence electrons. The van der Waals surface area contributed by atoms with Crippen molar-refractivity contribution in [3.63, 3.8) is 0 Å². The number of alkyl carbamates (subject to hydrolysis) is 1. The Morgan fingerprint density at radius 3 is 3.14 bits per heavy atom. The van der Waals surface area contributed by atoms with Crippen LogP contribution in [0.15, 0.2) is 22.8 Å². The fourth-order valence-corrected chi connectivity index (χ4v) is 0.852. The van der Waals surface area contributed by atoms with Gasteiger partial charge in [-0.15, -0.1) is 0 Å². The van der Waals surface area contributed by atoms with Crippen LogP contribution in [0.5, 0.6) is 0 Å². The minimum atomic E-state index is -0.505. The summed E-state index contributed by atoms with van der Waals surface area (Å²) in [5, 5.41) is 10.9. The van der Waals surface area contributed by atoms with Gasteiger partial charge in [0.25, 0.3) is 0 Å². The standard InChI is InChI=1S/C9H13NO4/c11-5-2-4-10-9(12)14-7-8-3-1-6-13-8/h1,3,6,11H,2,4-5,7H2,(H,10,12). The Bertz CT molecular complexity index is 258. The Morgan fingerprint density at radius 1 is 1.64 bits per heavy atom. The van der Waals surface area contributed by atoms with E-state index in [2.05, 4.69) is 5.32 Å². The topological polar surface area (TPSA) is 71.7 Å². The van der Waals surface area contributed by atoms with Crippen LogP contribution in [0.1, 0.15) is 12.2 Å². The first-order chi connectivity index (χ1) is 6.83. The SMILES string of the molecule is O=C(NCCCO)OCc1ccco1. The summed E-state index contributed by atoms with van der Waals surface area (Å²) in [5.41, 5.74) is 0. The quantitative estimate of drug-likeness (QED) is 0.691. The number of aliphatic hydroxyl groups excluding tert-OH is 1. The summed E-state index contributed by atoms with van der Waals surface area (Å²) >= 11 is 0. The molecule has 0 fully saturated rings. The minimum absolute atomic E-state index is 0.0540. The molecular formula is C9H13NO4. The maximum absolute atomic E-state index is 11.0. The van der Waals surface area contributed by atoms with Gasteiger partial charge in [0.1, 0.15) is 5.76 Å². The molecule has 0 saturated carbocycles. The smallest absolute Gasteiger partial charge is 0.407 e. The molecule has 0 unspecified atom stereocenters. The number of furan rings is 1. The molecule has 0 spiro atoms. The second-order valence-corrected chi connectivity index (χ2v) is 2.66. The van der Waals surface area contributed by atoms with Gasteiger partial charge in [0.2, 0.25) is 0 Å². The summed E-state index contributed by atoms with van der Waals surface area (Å²) in [6.45, 7) is 0.587. The summed E-state index contributed by atoms with van der Waals surface area (Å²) in [7, 11) is 0. The van der Waals surface area contributed by atoms with Crippen molar-refractivity contribution in [2.45, 2.75) is 13.0 Å². The van der Waals surface area contributed by atoms with Gasteiger partial charge in [0.05, 0.1) is 6.26 Å². The summed E-state index contributed by atoms with van der Waals surface area (Å²) in [6, 6.07) is 3.45. The normalized spacial score (nSPS) is 9.79. The highest BCUT2D eigenvalue weighted by molar-refractivity contribution is 5.66. The number of amides is 1. The average molecular weight is 199 g/mol. The van der Waals surface area contributed by atoms with Crippen LogP contribution < -0.4 is 5.32 Å². The van der Waals surface area contributed by atoms with Crippen LogP contribution in [-0.4, -0.2) is 24.4 Å². The first-order valence-electron chi connectivity index (χ1n) is 4.37. The molecule has 5 heteroatoms. The van der Waals surface area contributed by atoms with Gasteiger partial charge in [-0.1, -0.05) is 0 Å². The molecule has 0 atom stereocenters. The Morgan fingerprint density at radius 2 is 2.50 bits per heavy atom. The molecule has 0 aliphatic rings. The molecule has 1 rings (SSSR count). The van der Waals surface area contributed by atoms with E-state index < -0.39 is 6.09 Å². The van der Waals surface area contributed by atoms with Crippen molar-refractivity contribution in [2.75, 3.05) is 13.2 Å². The van der Waals surface area contributed by atoms with Crippen LogP contribution in [0, 0.1) is 0 Å². The van der Waals surface area contributed by atoms with Crippen LogP contribution in [0.4, 0.5) is 4.79 Å². The number of rotatable bonds is 5. The first-order valence-corrected chi connectivity index (χ1v) is 4.37. The zero-order chi connectivity index (χ0) is 10.2. The van der Waals surface area contributed by atoms with Gasteiger partial charge in [0.15, 0.2) is 6.61 Å². The molecule has 1 aromatic heterocycles. The van der Waals surface area contributed by atoms with Crippen molar-refractivity contribution >= 4 is 6.09 Å². The number of aliphatic hydroxyl groups is 1. The fraction of sp³-hybridized carbons (Fsp3) is 0.444. The molecule has 5 nitrogen and oxygen atoms in total. The monoisotopic (exact) mass is 199 g/mol. The Balaban J connectivity index is 2.09. The predicted octanol–water partition coefficient (Wildman–Crippen LogP) is 0.888. The lowest BCUT2D eigenvalue weighted by molar-refractivity contribution is 0.130. The van der Waals surface area contributed by atoms with E-state index in [1.165, 1.54) is 6.26 Å². The molecule has 2 N–H and O–H groups in total. The molecule has 14 heavy (non-hydrogen) atoms. The van der Waals surface area contributed by atoms with Crippen LogP contribution >= 0.6 is 0 Å². The third kappa shape index (κ3) is 3.95. The van der Waals surface area contributed by atoms with Crippen molar-refractivity contribution in [1.82, 2.24) is 5.32 Å². The highest BCUT2D eigenvalue weighted by Gasteiger charge is 2.02. The van der Waals surface area contributed by atoms with Gasteiger partial charge in [-0.2, -0.15) is 0 Å². The van der Waals surface area contributed by atoms with E-state index in [0.717, 1.165) is 0 Å². The maximum atomic E-state index is 11.0. The van der Waals surface area contributed by atoms with Crippen molar-refractivity contribution in [1.29, 1.82) is 0 Å². The van der Waals surface area contributed by atoms with Crippen LogP contribution in [0.2, 0.25) is 0 Å². The molecule has 0 aromatic carbocycles. The molecule has 0 aliphatic heterocycles. The summed E-state index contributed by atoms with van der Waals surface area (Å²) in [4.78, 5) is 11.0. The average Bonchev–Trinajstić information content (AvgIpc) is 2.68. The van der Waals surface area contributed by atoms with E-state index in [-0.39, 0.29) is 13.2 Å². The Kier molecular flexibility index (Phi) is 4.57. The number of hydrogen-bond donors (Lipinski definition) is 2. The van der Waals surface area contributed by atoms with E-state index in [4.69, 9.17) is 14.3 Å². The van der Waals surface area contributed by atoms with Gasteiger partial charge in [-0.25, -0.2) is 4.79 Å². The van der Waals surface area contributed by atoms with Gasteiger partial charge in [-0.05, 0) is 18.6 Å². The lowest BCUT2D eigenvalue weighted by Gasteiger charge is -2.04. The van der Waals surface area contributed by atoms with Crippen LogP contribution in [0.3, 0.4) is 0 Å².